The maximum absolute atomic E-state index is 12.7. The van der Waals surface area contributed by atoms with Gasteiger partial charge in [0.05, 0.1) is 5.75 Å². The molecule has 2 atom stereocenters. The van der Waals surface area contributed by atoms with Crippen LogP contribution in [0.3, 0.4) is 0 Å². The van der Waals surface area contributed by atoms with Crippen molar-refractivity contribution in [3.05, 3.63) is 10.5 Å². The van der Waals surface area contributed by atoms with Crippen molar-refractivity contribution in [3.63, 3.8) is 0 Å². The van der Waals surface area contributed by atoms with Gasteiger partial charge in [-0.25, -0.2) is 9.89 Å². The molecule has 0 radical (unpaired) electrons. The van der Waals surface area contributed by atoms with Crippen molar-refractivity contribution in [1.82, 2.24) is 19.7 Å². The fraction of sp³-hybridized carbons (Fsp3) is 0.812. The first kappa shape index (κ1) is 16.6. The number of piperidine rings is 1. The summed E-state index contributed by atoms with van der Waals surface area (Å²) in [6.45, 7) is 3.55. The van der Waals surface area contributed by atoms with Crippen LogP contribution >= 0.6 is 11.8 Å². The minimum absolute atomic E-state index is 0.188. The monoisotopic (exact) mass is 338 g/mol. The van der Waals surface area contributed by atoms with Crippen LogP contribution in [0.1, 0.15) is 51.9 Å². The average molecular weight is 338 g/mol. The molecule has 0 bridgehead atoms. The summed E-state index contributed by atoms with van der Waals surface area (Å²) in [5, 5.41) is 7.16. The molecule has 0 aromatic carbocycles. The number of nitrogens with zero attached hydrogens (tertiary/aromatic N) is 3. The zero-order chi connectivity index (χ0) is 16.2. The minimum Gasteiger partial charge on any atom is -0.339 e. The number of aromatic amines is 1. The molecule has 2 fully saturated rings. The molecule has 2 unspecified atom stereocenters. The molecule has 1 N–H and O–H groups in total. The van der Waals surface area contributed by atoms with E-state index in [4.69, 9.17) is 0 Å². The maximum atomic E-state index is 12.7. The largest absolute Gasteiger partial charge is 0.343 e. The number of carbonyl (C=O) groups is 1. The lowest BCUT2D eigenvalue weighted by atomic mass is 9.78. The van der Waals surface area contributed by atoms with Crippen molar-refractivity contribution in [2.75, 3.05) is 12.3 Å². The molecule has 1 aliphatic heterocycles. The van der Waals surface area contributed by atoms with E-state index in [-0.39, 0.29) is 11.6 Å². The Balaban J connectivity index is 1.61. The molecule has 1 aliphatic carbocycles. The van der Waals surface area contributed by atoms with Gasteiger partial charge in [-0.1, -0.05) is 31.5 Å². The van der Waals surface area contributed by atoms with Crippen molar-refractivity contribution < 1.29 is 4.79 Å². The van der Waals surface area contributed by atoms with Crippen molar-refractivity contribution >= 4 is 17.7 Å². The van der Waals surface area contributed by atoms with Crippen LogP contribution in [0.5, 0.6) is 0 Å². The molecule has 6 nitrogen and oxygen atoms in total. The summed E-state index contributed by atoms with van der Waals surface area (Å²) >= 11 is 1.38. The summed E-state index contributed by atoms with van der Waals surface area (Å²) < 4.78 is 1.62. The van der Waals surface area contributed by atoms with Crippen LogP contribution in [0.4, 0.5) is 0 Å². The number of thioether (sulfide) groups is 1. The summed E-state index contributed by atoms with van der Waals surface area (Å²) in [6, 6.07) is 0.447. The number of likely N-dealkylation sites (tertiary alicyclic amines) is 1. The van der Waals surface area contributed by atoms with Crippen LogP contribution in [0.2, 0.25) is 0 Å². The number of amides is 1. The Hall–Kier alpha value is -1.24. The maximum Gasteiger partial charge on any atom is 0.343 e. The summed E-state index contributed by atoms with van der Waals surface area (Å²) in [6.07, 6.45) is 8.26. The van der Waals surface area contributed by atoms with Crippen LogP contribution < -0.4 is 5.69 Å². The summed E-state index contributed by atoms with van der Waals surface area (Å²) in [4.78, 5) is 26.5. The number of H-pyrrole nitrogens is 1. The molecule has 2 aliphatic rings. The lowest BCUT2D eigenvalue weighted by Crippen LogP contribution is -2.50. The average Bonchev–Trinajstić information content (AvgIpc) is 2.93. The number of nitrogens with one attached hydrogen (secondary N) is 1. The second kappa shape index (κ2) is 7.55. The number of rotatable bonds is 5. The van der Waals surface area contributed by atoms with E-state index in [2.05, 4.69) is 15.1 Å². The number of hydrogen-bond acceptors (Lipinski definition) is 4. The second-order valence-corrected chi connectivity index (χ2v) is 7.54. The molecule has 3 rings (SSSR count). The molecule has 1 aromatic heterocycles. The van der Waals surface area contributed by atoms with E-state index in [0.717, 1.165) is 25.8 Å². The normalized spacial score (nSPS) is 24.5. The van der Waals surface area contributed by atoms with E-state index in [1.54, 1.807) is 4.57 Å². The molecule has 7 heteroatoms. The summed E-state index contributed by atoms with van der Waals surface area (Å²) in [5.74, 6) is 1.28. The quantitative estimate of drug-likeness (QED) is 0.836. The number of fused-ring (bicyclic) bond motifs is 1. The summed E-state index contributed by atoms with van der Waals surface area (Å²) in [7, 11) is 0. The lowest BCUT2D eigenvalue weighted by Gasteiger charge is -2.44. The van der Waals surface area contributed by atoms with Gasteiger partial charge in [0.25, 0.3) is 0 Å². The molecule has 23 heavy (non-hydrogen) atoms. The van der Waals surface area contributed by atoms with Gasteiger partial charge < -0.3 is 4.90 Å². The fourth-order valence-electron chi connectivity index (χ4n) is 3.98. The Morgan fingerprint density at radius 1 is 1.30 bits per heavy atom. The van der Waals surface area contributed by atoms with Gasteiger partial charge in [-0.3, -0.25) is 9.36 Å². The van der Waals surface area contributed by atoms with Crippen LogP contribution in [0.25, 0.3) is 0 Å². The van der Waals surface area contributed by atoms with Crippen LogP contribution in [-0.4, -0.2) is 43.9 Å². The Morgan fingerprint density at radius 3 is 2.91 bits per heavy atom. The highest BCUT2D eigenvalue weighted by Gasteiger charge is 2.35. The van der Waals surface area contributed by atoms with E-state index < -0.39 is 0 Å². The molecular formula is C16H26N4O2S. The predicted octanol–water partition coefficient (Wildman–Crippen LogP) is 2.25. The third kappa shape index (κ3) is 3.65. The predicted molar refractivity (Wildman–Crippen MR) is 90.6 cm³/mol. The van der Waals surface area contributed by atoms with E-state index >= 15 is 0 Å². The standard InChI is InChI=1S/C16H26N4O2S/c1-2-9-20-15(22)17-18-16(20)23-11-14(21)19-10-5-7-12-6-3-4-8-13(12)19/h12-13H,2-11H2,1H3,(H,17,22). The highest BCUT2D eigenvalue weighted by molar-refractivity contribution is 7.99. The van der Waals surface area contributed by atoms with Gasteiger partial charge in [0, 0.05) is 19.1 Å². The van der Waals surface area contributed by atoms with Crippen molar-refractivity contribution in [3.8, 4) is 0 Å². The van der Waals surface area contributed by atoms with Crippen LogP contribution in [0, 0.1) is 5.92 Å². The van der Waals surface area contributed by atoms with Crippen molar-refractivity contribution in [2.45, 2.75) is 69.6 Å². The zero-order valence-electron chi connectivity index (χ0n) is 13.8. The van der Waals surface area contributed by atoms with Gasteiger partial charge in [-0.05, 0) is 38.0 Å². The molecule has 1 saturated heterocycles. The Kier molecular flexibility index (Phi) is 5.46. The first-order chi connectivity index (χ1) is 11.2. The molecule has 1 saturated carbocycles. The second-order valence-electron chi connectivity index (χ2n) is 6.59. The van der Waals surface area contributed by atoms with Crippen molar-refractivity contribution in [1.29, 1.82) is 0 Å². The van der Waals surface area contributed by atoms with Crippen LogP contribution in [0.15, 0.2) is 9.95 Å². The number of hydrogen-bond donors (Lipinski definition) is 1. The highest BCUT2D eigenvalue weighted by atomic mass is 32.2. The first-order valence-corrected chi connectivity index (χ1v) is 9.76. The highest BCUT2D eigenvalue weighted by Crippen LogP contribution is 2.35. The lowest BCUT2D eigenvalue weighted by molar-refractivity contribution is -0.134. The number of aromatic nitrogens is 3. The van der Waals surface area contributed by atoms with Crippen molar-refractivity contribution in [2.24, 2.45) is 5.92 Å². The van der Waals surface area contributed by atoms with E-state index in [9.17, 15) is 9.59 Å². The Labute approximate surface area is 141 Å². The minimum atomic E-state index is -0.188. The van der Waals surface area contributed by atoms with Crippen LogP contribution in [-0.2, 0) is 11.3 Å². The molecule has 1 aromatic rings. The smallest absolute Gasteiger partial charge is 0.339 e. The Morgan fingerprint density at radius 2 is 2.09 bits per heavy atom. The van der Waals surface area contributed by atoms with E-state index in [0.29, 0.717) is 29.4 Å². The van der Waals surface area contributed by atoms with E-state index in [1.807, 2.05) is 6.92 Å². The summed E-state index contributed by atoms with van der Waals surface area (Å²) in [5.41, 5.74) is -0.188. The molecule has 2 heterocycles. The van der Waals surface area contributed by atoms with Gasteiger partial charge in [0.2, 0.25) is 5.91 Å². The van der Waals surface area contributed by atoms with Gasteiger partial charge in [-0.15, -0.1) is 5.10 Å². The topological polar surface area (TPSA) is 71.0 Å². The first-order valence-electron chi connectivity index (χ1n) is 8.78. The van der Waals surface area contributed by atoms with Gasteiger partial charge in [0.15, 0.2) is 5.16 Å². The third-order valence-electron chi connectivity index (χ3n) is 5.06. The van der Waals surface area contributed by atoms with Gasteiger partial charge in [-0.2, -0.15) is 0 Å². The third-order valence-corrected chi connectivity index (χ3v) is 6.02. The zero-order valence-corrected chi connectivity index (χ0v) is 14.6. The SMILES string of the molecule is CCCn1c(SCC(=O)N2CCCC3CCCCC32)n[nH]c1=O. The van der Waals surface area contributed by atoms with Gasteiger partial charge >= 0.3 is 5.69 Å². The number of carbonyl (C=O) groups excluding carboxylic acids is 1. The molecule has 1 amide bonds. The van der Waals surface area contributed by atoms with Gasteiger partial charge in [0.1, 0.15) is 0 Å². The van der Waals surface area contributed by atoms with E-state index in [1.165, 1.54) is 37.4 Å². The molecule has 0 spiro atoms. The Bertz CT molecular complexity index is 595. The fourth-order valence-corrected chi connectivity index (χ4v) is 4.84. The molecule has 128 valence electrons. The molecular weight excluding hydrogens is 312 g/mol.